The van der Waals surface area contributed by atoms with Crippen molar-refractivity contribution in [2.75, 3.05) is 26.2 Å². The highest BCUT2D eigenvalue weighted by atomic mass is 16.6. The van der Waals surface area contributed by atoms with Crippen LogP contribution in [0.4, 0.5) is 4.79 Å². The van der Waals surface area contributed by atoms with Crippen LogP contribution < -0.4 is 5.32 Å². The molecule has 1 N–H and O–H groups in total. The lowest BCUT2D eigenvalue weighted by atomic mass is 10.4. The topological polar surface area (TPSA) is 58.6 Å². The number of hydrogen-bond donors (Lipinski definition) is 1. The highest BCUT2D eigenvalue weighted by molar-refractivity contribution is 5.77. The van der Waals surface area contributed by atoms with Crippen LogP contribution >= 0.6 is 0 Å². The number of amides is 2. The normalized spacial score (nSPS) is 16.9. The van der Waals surface area contributed by atoms with Crippen molar-refractivity contribution in [3.63, 3.8) is 0 Å². The number of ether oxygens (including phenoxy) is 1. The third kappa shape index (κ3) is 3.08. The molecular formula is C9H14N2O3. The van der Waals surface area contributed by atoms with Gasteiger partial charge in [-0.05, 0) is 0 Å². The number of carbonyl (C=O) groups is 2. The lowest BCUT2D eigenvalue weighted by molar-refractivity contribution is -0.120. The molecule has 1 heterocycles. The number of hydrogen-bond acceptors (Lipinski definition) is 3. The van der Waals surface area contributed by atoms with E-state index in [1.807, 2.05) is 0 Å². The van der Waals surface area contributed by atoms with Gasteiger partial charge in [-0.25, -0.2) is 4.79 Å². The van der Waals surface area contributed by atoms with Crippen LogP contribution in [0.15, 0.2) is 12.7 Å². The molecule has 2 amide bonds. The molecule has 0 atom stereocenters. The molecule has 1 saturated heterocycles. The standard InChI is InChI=1S/C9H14N2O3/c1-2-7-14-9(13)11-5-3-8(12)10-4-6-11/h2H,1,3-7H2,(H,10,12). The fourth-order valence-electron chi connectivity index (χ4n) is 1.17. The lowest BCUT2D eigenvalue weighted by Gasteiger charge is -2.18. The summed E-state index contributed by atoms with van der Waals surface area (Å²) in [6, 6.07) is 0. The van der Waals surface area contributed by atoms with Crippen LogP contribution in [0.5, 0.6) is 0 Å². The van der Waals surface area contributed by atoms with Gasteiger partial charge in [-0.1, -0.05) is 12.7 Å². The van der Waals surface area contributed by atoms with Gasteiger partial charge in [0.15, 0.2) is 0 Å². The zero-order chi connectivity index (χ0) is 10.4. The summed E-state index contributed by atoms with van der Waals surface area (Å²) in [6.45, 7) is 5.06. The van der Waals surface area contributed by atoms with E-state index in [4.69, 9.17) is 4.74 Å². The van der Waals surface area contributed by atoms with Gasteiger partial charge >= 0.3 is 6.09 Å². The van der Waals surface area contributed by atoms with Crippen LogP contribution in [0.3, 0.4) is 0 Å². The predicted octanol–water partition coefficient (Wildman–Crippen LogP) is 0.131. The summed E-state index contributed by atoms with van der Waals surface area (Å²) < 4.78 is 4.85. The van der Waals surface area contributed by atoms with Gasteiger partial charge in [0.1, 0.15) is 6.61 Å². The summed E-state index contributed by atoms with van der Waals surface area (Å²) in [6.07, 6.45) is 1.46. The Kier molecular flexibility index (Phi) is 3.97. The van der Waals surface area contributed by atoms with E-state index < -0.39 is 0 Å². The molecule has 1 fully saturated rings. The summed E-state index contributed by atoms with van der Waals surface area (Å²) in [7, 11) is 0. The van der Waals surface area contributed by atoms with Crippen molar-refractivity contribution < 1.29 is 14.3 Å². The predicted molar refractivity (Wildman–Crippen MR) is 50.7 cm³/mol. The molecular weight excluding hydrogens is 184 g/mol. The third-order valence-corrected chi connectivity index (χ3v) is 1.90. The van der Waals surface area contributed by atoms with Crippen LogP contribution in [-0.4, -0.2) is 43.1 Å². The van der Waals surface area contributed by atoms with Crippen LogP contribution in [0, 0.1) is 0 Å². The molecule has 5 heteroatoms. The Morgan fingerprint density at radius 1 is 1.64 bits per heavy atom. The first-order valence-corrected chi connectivity index (χ1v) is 4.53. The molecule has 78 valence electrons. The molecule has 0 aromatic rings. The van der Waals surface area contributed by atoms with Crippen LogP contribution in [0.1, 0.15) is 6.42 Å². The maximum Gasteiger partial charge on any atom is 0.410 e. The first-order chi connectivity index (χ1) is 6.74. The molecule has 0 radical (unpaired) electrons. The summed E-state index contributed by atoms with van der Waals surface area (Å²) in [5.74, 6) is -0.0241. The first kappa shape index (κ1) is 10.6. The highest BCUT2D eigenvalue weighted by Gasteiger charge is 2.18. The Labute approximate surface area is 82.7 Å². The highest BCUT2D eigenvalue weighted by Crippen LogP contribution is 1.99. The van der Waals surface area contributed by atoms with Gasteiger partial charge in [-0.3, -0.25) is 4.79 Å². The molecule has 0 bridgehead atoms. The number of rotatable bonds is 2. The molecule has 1 aliphatic heterocycles. The summed E-state index contributed by atoms with van der Waals surface area (Å²) in [5, 5.41) is 2.68. The molecule has 0 spiro atoms. The minimum absolute atomic E-state index is 0.0241. The van der Waals surface area contributed by atoms with Crippen molar-refractivity contribution in [1.82, 2.24) is 10.2 Å². The van der Waals surface area contributed by atoms with Gasteiger partial charge in [0.2, 0.25) is 5.91 Å². The van der Waals surface area contributed by atoms with Crippen molar-refractivity contribution in [1.29, 1.82) is 0 Å². The zero-order valence-corrected chi connectivity index (χ0v) is 7.99. The van der Waals surface area contributed by atoms with E-state index in [1.165, 1.54) is 11.0 Å². The number of carbonyl (C=O) groups excluding carboxylic acids is 2. The molecule has 5 nitrogen and oxygen atoms in total. The van der Waals surface area contributed by atoms with E-state index in [2.05, 4.69) is 11.9 Å². The molecule has 0 aromatic heterocycles. The minimum atomic E-state index is -0.388. The first-order valence-electron chi connectivity index (χ1n) is 4.53. The Balaban J connectivity index is 2.38. The minimum Gasteiger partial charge on any atom is -0.445 e. The average molecular weight is 198 g/mol. The molecule has 0 unspecified atom stereocenters. The summed E-state index contributed by atoms with van der Waals surface area (Å²) in [4.78, 5) is 23.8. The van der Waals surface area contributed by atoms with E-state index in [9.17, 15) is 9.59 Å². The van der Waals surface area contributed by atoms with Crippen LogP contribution in [0.2, 0.25) is 0 Å². The summed E-state index contributed by atoms with van der Waals surface area (Å²) >= 11 is 0. The van der Waals surface area contributed by atoms with Crippen molar-refractivity contribution in [3.05, 3.63) is 12.7 Å². The van der Waals surface area contributed by atoms with Gasteiger partial charge in [0.05, 0.1) is 0 Å². The van der Waals surface area contributed by atoms with E-state index in [0.29, 0.717) is 26.1 Å². The maximum atomic E-state index is 11.3. The van der Waals surface area contributed by atoms with Crippen molar-refractivity contribution in [2.45, 2.75) is 6.42 Å². The fraction of sp³-hybridized carbons (Fsp3) is 0.556. The SMILES string of the molecule is C=CCOC(=O)N1CCNC(=O)CC1. The van der Waals surface area contributed by atoms with Gasteiger partial charge < -0.3 is 15.0 Å². The van der Waals surface area contributed by atoms with Gasteiger partial charge in [-0.15, -0.1) is 0 Å². The van der Waals surface area contributed by atoms with E-state index in [0.717, 1.165) is 0 Å². The quantitative estimate of drug-likeness (QED) is 0.642. The molecule has 1 rings (SSSR count). The largest absolute Gasteiger partial charge is 0.445 e. The average Bonchev–Trinajstić information content (AvgIpc) is 2.39. The maximum absolute atomic E-state index is 11.3. The van der Waals surface area contributed by atoms with Crippen molar-refractivity contribution >= 4 is 12.0 Å². The Morgan fingerprint density at radius 3 is 3.14 bits per heavy atom. The lowest BCUT2D eigenvalue weighted by Crippen LogP contribution is -2.34. The van der Waals surface area contributed by atoms with Crippen LogP contribution in [-0.2, 0) is 9.53 Å². The van der Waals surface area contributed by atoms with E-state index in [-0.39, 0.29) is 18.6 Å². The fourth-order valence-corrected chi connectivity index (χ4v) is 1.17. The Bertz CT molecular complexity index is 240. The van der Waals surface area contributed by atoms with E-state index >= 15 is 0 Å². The smallest absolute Gasteiger partial charge is 0.410 e. The molecule has 0 aliphatic carbocycles. The Hall–Kier alpha value is -1.52. The second kappa shape index (κ2) is 5.26. The van der Waals surface area contributed by atoms with Gasteiger partial charge in [0.25, 0.3) is 0 Å². The molecule has 14 heavy (non-hydrogen) atoms. The number of nitrogens with zero attached hydrogens (tertiary/aromatic N) is 1. The molecule has 0 saturated carbocycles. The second-order valence-electron chi connectivity index (χ2n) is 2.95. The number of nitrogens with one attached hydrogen (secondary N) is 1. The van der Waals surface area contributed by atoms with Crippen LogP contribution in [0.25, 0.3) is 0 Å². The van der Waals surface area contributed by atoms with E-state index in [1.54, 1.807) is 0 Å². The van der Waals surface area contributed by atoms with Crippen molar-refractivity contribution in [2.24, 2.45) is 0 Å². The van der Waals surface area contributed by atoms with Gasteiger partial charge in [-0.2, -0.15) is 0 Å². The summed E-state index contributed by atoms with van der Waals surface area (Å²) in [5.41, 5.74) is 0. The zero-order valence-electron chi connectivity index (χ0n) is 7.99. The van der Waals surface area contributed by atoms with Gasteiger partial charge in [0, 0.05) is 26.1 Å². The third-order valence-electron chi connectivity index (χ3n) is 1.90. The monoisotopic (exact) mass is 198 g/mol. The molecule has 0 aromatic carbocycles. The molecule has 1 aliphatic rings. The van der Waals surface area contributed by atoms with Crippen molar-refractivity contribution in [3.8, 4) is 0 Å². The second-order valence-corrected chi connectivity index (χ2v) is 2.95. The Morgan fingerprint density at radius 2 is 2.43 bits per heavy atom.